The van der Waals surface area contributed by atoms with Crippen LogP contribution in [0, 0.1) is 22.7 Å². The summed E-state index contributed by atoms with van der Waals surface area (Å²) in [6.45, 7) is 12.6. The Morgan fingerprint density at radius 2 is 0.960 bits per heavy atom. The molecule has 8 heteroatoms. The molecule has 4 aliphatic carbocycles. The number of nitrogens with one attached hydrogen (secondary N) is 2. The number of fused-ring (bicyclic) bond motifs is 2. The smallest absolute Gasteiger partial charge is 0.237 e. The van der Waals surface area contributed by atoms with Gasteiger partial charge in [-0.1, -0.05) is 113 Å². The fraction of sp³-hybridized carbons (Fsp3) is 0.429. The van der Waals surface area contributed by atoms with Crippen molar-refractivity contribution in [2.75, 3.05) is 0 Å². The highest BCUT2D eigenvalue weighted by atomic mass is 19.1. The maximum atomic E-state index is 14.8. The SMILES string of the molecule is CC[C@@]1(c2ccccc2)C2=C(Cc3[nH]nc(F)c31)CC(C)(C)CC2=O.CC[C@]1(c2ccccc2)C2=C(Cc3[nH]nc(F)c31)CC(C)(C)CC2=O. The van der Waals surface area contributed by atoms with Gasteiger partial charge in [-0.05, 0) is 47.6 Å². The third kappa shape index (κ3) is 5.16. The minimum Gasteiger partial charge on any atom is -0.294 e. The van der Waals surface area contributed by atoms with Crippen LogP contribution in [0.5, 0.6) is 0 Å². The number of Topliss-reactive ketones (excluding diaryl/α,β-unsaturated/α-hetero) is 2. The summed E-state index contributed by atoms with van der Waals surface area (Å²) in [6, 6.07) is 19.7. The van der Waals surface area contributed by atoms with Gasteiger partial charge < -0.3 is 0 Å². The van der Waals surface area contributed by atoms with Crippen molar-refractivity contribution in [1.82, 2.24) is 20.4 Å². The summed E-state index contributed by atoms with van der Waals surface area (Å²) in [7, 11) is 0. The minimum absolute atomic E-state index is 0.0534. The number of halogens is 2. The minimum atomic E-state index is -0.741. The molecule has 0 spiro atoms. The van der Waals surface area contributed by atoms with Gasteiger partial charge in [-0.3, -0.25) is 19.8 Å². The lowest BCUT2D eigenvalue weighted by atomic mass is 9.57. The third-order valence-electron chi connectivity index (χ3n) is 11.6. The van der Waals surface area contributed by atoms with E-state index in [4.69, 9.17) is 0 Å². The lowest BCUT2D eigenvalue weighted by Gasteiger charge is -2.45. The Morgan fingerprint density at radius 3 is 1.30 bits per heavy atom. The van der Waals surface area contributed by atoms with Gasteiger partial charge in [0.2, 0.25) is 11.9 Å². The van der Waals surface area contributed by atoms with Gasteiger partial charge >= 0.3 is 0 Å². The molecular weight excluding hydrogens is 630 g/mol. The number of nitrogens with zero attached hydrogens (tertiary/aromatic N) is 2. The Balaban J connectivity index is 0.000000157. The number of hydrogen-bond donors (Lipinski definition) is 2. The molecule has 0 saturated heterocycles. The standard InChI is InChI=1S/2C21H23FN2O/c2*1-4-21(14-8-6-5-7-9-14)17-13(11-20(2,3)12-16(17)25)10-15-18(21)19(22)24-23-15/h2*5-9H,4,10-12H2,1-3H3,(H,23,24)/t2*21-/m10/s1. The molecule has 0 unspecified atom stereocenters. The highest BCUT2D eigenvalue weighted by Crippen LogP contribution is 2.55. The van der Waals surface area contributed by atoms with E-state index in [0.29, 0.717) is 49.7 Å². The number of rotatable bonds is 4. The highest BCUT2D eigenvalue weighted by molar-refractivity contribution is 6.02. The van der Waals surface area contributed by atoms with E-state index in [0.717, 1.165) is 57.6 Å². The lowest BCUT2D eigenvalue weighted by molar-refractivity contribution is -0.119. The zero-order valence-electron chi connectivity index (χ0n) is 29.9. The van der Waals surface area contributed by atoms with Crippen molar-refractivity contribution in [3.05, 3.63) is 128 Å². The first-order valence-corrected chi connectivity index (χ1v) is 17.9. The number of aromatic amines is 2. The van der Waals surface area contributed by atoms with Crippen molar-refractivity contribution in [3.63, 3.8) is 0 Å². The largest absolute Gasteiger partial charge is 0.294 e. The van der Waals surface area contributed by atoms with Gasteiger partial charge in [-0.15, -0.1) is 10.2 Å². The van der Waals surface area contributed by atoms with E-state index in [9.17, 15) is 18.4 Å². The van der Waals surface area contributed by atoms with E-state index in [2.05, 4.69) is 48.1 Å². The van der Waals surface area contributed by atoms with Gasteiger partial charge in [0.25, 0.3) is 0 Å². The van der Waals surface area contributed by atoms with Crippen molar-refractivity contribution in [2.45, 2.75) is 104 Å². The Morgan fingerprint density at radius 1 is 0.600 bits per heavy atom. The second-order valence-corrected chi connectivity index (χ2v) is 16.2. The van der Waals surface area contributed by atoms with Crippen molar-refractivity contribution in [2.24, 2.45) is 10.8 Å². The molecule has 50 heavy (non-hydrogen) atoms. The maximum Gasteiger partial charge on any atom is 0.237 e. The van der Waals surface area contributed by atoms with Crippen LogP contribution in [0.1, 0.15) is 114 Å². The summed E-state index contributed by atoms with van der Waals surface area (Å²) in [5, 5.41) is 13.5. The number of H-pyrrole nitrogens is 2. The molecule has 2 aromatic carbocycles. The number of ketones is 2. The molecule has 4 aliphatic rings. The van der Waals surface area contributed by atoms with Crippen LogP contribution in [0.3, 0.4) is 0 Å². The molecule has 4 aromatic rings. The summed E-state index contributed by atoms with van der Waals surface area (Å²) in [5.41, 5.74) is 7.01. The first kappa shape index (κ1) is 34.0. The van der Waals surface area contributed by atoms with Crippen LogP contribution in [0.4, 0.5) is 8.78 Å². The van der Waals surface area contributed by atoms with E-state index < -0.39 is 22.7 Å². The average Bonchev–Trinajstić information content (AvgIpc) is 3.64. The predicted molar refractivity (Wildman–Crippen MR) is 190 cm³/mol. The number of benzene rings is 2. The van der Waals surface area contributed by atoms with E-state index >= 15 is 0 Å². The number of hydrogen-bond acceptors (Lipinski definition) is 4. The van der Waals surface area contributed by atoms with Crippen molar-refractivity contribution < 1.29 is 18.4 Å². The fourth-order valence-corrected chi connectivity index (χ4v) is 9.92. The van der Waals surface area contributed by atoms with Gasteiger partial charge in [0.05, 0.1) is 10.8 Å². The second-order valence-electron chi connectivity index (χ2n) is 16.2. The number of allylic oxidation sites excluding steroid dienone is 4. The third-order valence-corrected chi connectivity index (χ3v) is 11.6. The van der Waals surface area contributed by atoms with Gasteiger partial charge in [0.15, 0.2) is 11.6 Å². The Hall–Kier alpha value is -4.46. The molecule has 6 nitrogen and oxygen atoms in total. The monoisotopic (exact) mass is 676 g/mol. The summed E-state index contributed by atoms with van der Waals surface area (Å²) >= 11 is 0. The van der Waals surface area contributed by atoms with E-state index in [1.165, 1.54) is 0 Å². The first-order chi connectivity index (χ1) is 23.8. The molecule has 2 aromatic heterocycles. The summed E-state index contributed by atoms with van der Waals surface area (Å²) in [6.07, 6.45) is 5.18. The zero-order chi connectivity index (χ0) is 35.6. The molecular formula is C42H46F2N4O2. The van der Waals surface area contributed by atoms with Crippen LogP contribution >= 0.6 is 0 Å². The number of carbonyl (C=O) groups is 2. The lowest BCUT2D eigenvalue weighted by Crippen LogP contribution is -2.42. The molecule has 2 heterocycles. The van der Waals surface area contributed by atoms with Crippen LogP contribution in [0.2, 0.25) is 0 Å². The van der Waals surface area contributed by atoms with Gasteiger partial charge in [-0.25, -0.2) is 0 Å². The van der Waals surface area contributed by atoms with Crippen LogP contribution in [0.25, 0.3) is 0 Å². The topological polar surface area (TPSA) is 91.5 Å². The summed E-state index contributed by atoms with van der Waals surface area (Å²) < 4.78 is 29.5. The van der Waals surface area contributed by atoms with E-state index in [-0.39, 0.29) is 22.4 Å². The summed E-state index contributed by atoms with van der Waals surface area (Å²) in [5.74, 6) is -0.652. The molecule has 2 atom stereocenters. The number of aromatic nitrogens is 4. The Labute approximate surface area is 292 Å². The first-order valence-electron chi connectivity index (χ1n) is 17.9. The van der Waals surface area contributed by atoms with Crippen molar-refractivity contribution >= 4 is 11.6 Å². The van der Waals surface area contributed by atoms with E-state index in [1.807, 2.05) is 74.5 Å². The fourth-order valence-electron chi connectivity index (χ4n) is 9.92. The van der Waals surface area contributed by atoms with Crippen LogP contribution in [0.15, 0.2) is 83.0 Å². The van der Waals surface area contributed by atoms with Gasteiger partial charge in [0.1, 0.15) is 0 Å². The molecule has 0 radical (unpaired) electrons. The summed E-state index contributed by atoms with van der Waals surface area (Å²) in [4.78, 5) is 26.4. The number of carbonyl (C=O) groups excluding carboxylic acids is 2. The van der Waals surface area contributed by atoms with Gasteiger partial charge in [-0.2, -0.15) is 8.78 Å². The Kier molecular flexibility index (Phi) is 8.23. The van der Waals surface area contributed by atoms with Crippen molar-refractivity contribution in [1.29, 1.82) is 0 Å². The van der Waals surface area contributed by atoms with Crippen LogP contribution in [-0.4, -0.2) is 32.0 Å². The molecule has 260 valence electrons. The molecule has 0 bridgehead atoms. The quantitative estimate of drug-likeness (QED) is 0.226. The van der Waals surface area contributed by atoms with Crippen LogP contribution in [-0.2, 0) is 33.3 Å². The molecule has 0 amide bonds. The molecule has 0 saturated carbocycles. The molecule has 8 rings (SSSR count). The second kappa shape index (κ2) is 12.1. The van der Waals surface area contributed by atoms with Gasteiger partial charge in [0, 0.05) is 59.3 Å². The molecule has 2 N–H and O–H groups in total. The highest BCUT2D eigenvalue weighted by Gasteiger charge is 2.52. The van der Waals surface area contributed by atoms with E-state index in [1.54, 1.807) is 0 Å². The zero-order valence-corrected chi connectivity index (χ0v) is 29.9. The average molecular weight is 677 g/mol. The molecule has 0 fully saturated rings. The normalized spacial score (nSPS) is 24.9. The van der Waals surface area contributed by atoms with Crippen molar-refractivity contribution in [3.8, 4) is 0 Å². The Bertz CT molecular complexity index is 1900. The predicted octanol–water partition coefficient (Wildman–Crippen LogP) is 8.97. The molecule has 0 aliphatic heterocycles. The maximum absolute atomic E-state index is 14.8. The van der Waals surface area contributed by atoms with Crippen LogP contribution < -0.4 is 0 Å².